The van der Waals surface area contributed by atoms with Gasteiger partial charge in [0.1, 0.15) is 9.90 Å². The number of anilines is 1. The van der Waals surface area contributed by atoms with Crippen molar-refractivity contribution in [1.29, 1.82) is 0 Å². The van der Waals surface area contributed by atoms with Crippen LogP contribution in [0.15, 0.2) is 17.2 Å². The SMILES string of the molecule is CCCn1cc(S(=O)(=O)Nc2nnc(C)s2)cc1CN. The molecule has 110 valence electrons. The molecule has 0 atom stereocenters. The summed E-state index contributed by atoms with van der Waals surface area (Å²) in [6.07, 6.45) is 2.51. The Morgan fingerprint density at radius 3 is 2.75 bits per heavy atom. The molecule has 3 N–H and O–H groups in total. The van der Waals surface area contributed by atoms with Crippen LogP contribution in [0.4, 0.5) is 5.13 Å². The summed E-state index contributed by atoms with van der Waals surface area (Å²) in [6, 6.07) is 1.59. The summed E-state index contributed by atoms with van der Waals surface area (Å²) in [5.74, 6) is 0. The van der Waals surface area contributed by atoms with Gasteiger partial charge in [0.05, 0.1) is 0 Å². The highest BCUT2D eigenvalue weighted by molar-refractivity contribution is 7.93. The first-order valence-corrected chi connectivity index (χ1v) is 8.48. The average molecular weight is 315 g/mol. The molecule has 7 nitrogen and oxygen atoms in total. The number of hydrogen-bond donors (Lipinski definition) is 2. The molecule has 0 bridgehead atoms. The lowest BCUT2D eigenvalue weighted by Gasteiger charge is -2.04. The summed E-state index contributed by atoms with van der Waals surface area (Å²) >= 11 is 1.19. The normalized spacial score (nSPS) is 11.8. The van der Waals surface area contributed by atoms with E-state index in [4.69, 9.17) is 5.73 Å². The molecule has 0 fully saturated rings. The summed E-state index contributed by atoms with van der Waals surface area (Å²) in [7, 11) is -3.65. The van der Waals surface area contributed by atoms with Gasteiger partial charge in [0, 0.05) is 25.0 Å². The predicted octanol–water partition coefficient (Wildman–Crippen LogP) is 1.32. The summed E-state index contributed by atoms with van der Waals surface area (Å²) in [5.41, 5.74) is 6.43. The molecule has 0 aliphatic rings. The van der Waals surface area contributed by atoms with Gasteiger partial charge in [-0.2, -0.15) is 0 Å². The Balaban J connectivity index is 2.29. The fourth-order valence-corrected chi connectivity index (χ4v) is 3.69. The fraction of sp³-hybridized carbons (Fsp3) is 0.455. The molecule has 0 radical (unpaired) electrons. The van der Waals surface area contributed by atoms with E-state index in [2.05, 4.69) is 14.9 Å². The minimum absolute atomic E-state index is 0.194. The topological polar surface area (TPSA) is 103 Å². The van der Waals surface area contributed by atoms with Crippen LogP contribution in [-0.2, 0) is 23.1 Å². The van der Waals surface area contributed by atoms with E-state index >= 15 is 0 Å². The molecule has 2 rings (SSSR count). The summed E-state index contributed by atoms with van der Waals surface area (Å²) in [5, 5.41) is 8.50. The lowest BCUT2D eigenvalue weighted by atomic mass is 10.4. The Morgan fingerprint density at radius 2 is 2.20 bits per heavy atom. The van der Waals surface area contributed by atoms with Gasteiger partial charge in [-0.25, -0.2) is 8.42 Å². The number of sulfonamides is 1. The van der Waals surface area contributed by atoms with E-state index in [-0.39, 0.29) is 10.0 Å². The average Bonchev–Trinajstić information content (AvgIpc) is 2.96. The van der Waals surface area contributed by atoms with E-state index in [1.54, 1.807) is 19.2 Å². The minimum atomic E-state index is -3.65. The van der Waals surface area contributed by atoms with Crippen LogP contribution in [0.1, 0.15) is 24.0 Å². The first-order chi connectivity index (χ1) is 9.46. The van der Waals surface area contributed by atoms with Crippen molar-refractivity contribution in [3.05, 3.63) is 23.0 Å². The molecule has 0 unspecified atom stereocenters. The monoisotopic (exact) mass is 315 g/mol. The van der Waals surface area contributed by atoms with Crippen LogP contribution in [0.2, 0.25) is 0 Å². The third-order valence-electron chi connectivity index (χ3n) is 2.69. The third-order valence-corrected chi connectivity index (χ3v) is 4.88. The van der Waals surface area contributed by atoms with Gasteiger partial charge in [0.25, 0.3) is 10.0 Å². The Morgan fingerprint density at radius 1 is 1.45 bits per heavy atom. The van der Waals surface area contributed by atoms with E-state index < -0.39 is 10.0 Å². The summed E-state index contributed by atoms with van der Waals surface area (Å²) < 4.78 is 28.8. The molecular formula is C11H17N5O2S2. The highest BCUT2D eigenvalue weighted by Crippen LogP contribution is 2.21. The van der Waals surface area contributed by atoms with Crippen molar-refractivity contribution < 1.29 is 8.42 Å². The molecule has 0 spiro atoms. The van der Waals surface area contributed by atoms with Gasteiger partial charge < -0.3 is 10.3 Å². The smallest absolute Gasteiger partial charge is 0.265 e. The number of nitrogens with one attached hydrogen (secondary N) is 1. The molecule has 0 saturated heterocycles. The maximum Gasteiger partial charge on any atom is 0.265 e. The van der Waals surface area contributed by atoms with Crippen molar-refractivity contribution in [2.24, 2.45) is 5.73 Å². The van der Waals surface area contributed by atoms with Crippen LogP contribution in [0.5, 0.6) is 0 Å². The second-order valence-electron chi connectivity index (χ2n) is 4.30. The molecule has 0 aromatic carbocycles. The van der Waals surface area contributed by atoms with Gasteiger partial charge in [0.2, 0.25) is 5.13 Å². The molecule has 2 heterocycles. The predicted molar refractivity (Wildman–Crippen MR) is 78.1 cm³/mol. The standard InChI is InChI=1S/C11H17N5O2S2/c1-3-4-16-7-10(5-9(16)6-12)20(17,18)15-11-14-13-8(2)19-11/h5,7H,3-4,6,12H2,1-2H3,(H,14,15). The fourth-order valence-electron chi connectivity index (χ4n) is 1.80. The molecule has 2 aromatic heterocycles. The number of hydrogen-bond acceptors (Lipinski definition) is 6. The largest absolute Gasteiger partial charge is 0.349 e. The summed E-state index contributed by atoms with van der Waals surface area (Å²) in [6.45, 7) is 4.82. The van der Waals surface area contributed by atoms with Crippen LogP contribution in [0.25, 0.3) is 0 Å². The molecule has 0 aliphatic carbocycles. The van der Waals surface area contributed by atoms with Gasteiger partial charge >= 0.3 is 0 Å². The van der Waals surface area contributed by atoms with Crippen LogP contribution in [0.3, 0.4) is 0 Å². The minimum Gasteiger partial charge on any atom is -0.349 e. The van der Waals surface area contributed by atoms with E-state index in [0.29, 0.717) is 11.6 Å². The van der Waals surface area contributed by atoms with Crippen molar-refractivity contribution in [3.63, 3.8) is 0 Å². The van der Waals surface area contributed by atoms with Crippen LogP contribution >= 0.6 is 11.3 Å². The van der Waals surface area contributed by atoms with Crippen molar-refractivity contribution >= 4 is 26.5 Å². The summed E-state index contributed by atoms with van der Waals surface area (Å²) in [4.78, 5) is 0.194. The third kappa shape index (κ3) is 3.17. The Hall–Kier alpha value is -1.45. The van der Waals surface area contributed by atoms with Crippen molar-refractivity contribution in [3.8, 4) is 0 Å². The highest BCUT2D eigenvalue weighted by atomic mass is 32.2. The maximum absolute atomic E-state index is 12.3. The van der Waals surface area contributed by atoms with E-state index in [0.717, 1.165) is 18.7 Å². The van der Waals surface area contributed by atoms with E-state index in [1.807, 2.05) is 11.5 Å². The van der Waals surface area contributed by atoms with Crippen LogP contribution in [0, 0.1) is 6.92 Å². The second-order valence-corrected chi connectivity index (χ2v) is 7.16. The molecule has 0 aliphatic heterocycles. The molecule has 9 heteroatoms. The molecule has 0 amide bonds. The quantitative estimate of drug-likeness (QED) is 0.837. The second kappa shape index (κ2) is 5.90. The zero-order valence-electron chi connectivity index (χ0n) is 11.3. The zero-order chi connectivity index (χ0) is 14.8. The van der Waals surface area contributed by atoms with Crippen molar-refractivity contribution in [2.45, 2.75) is 38.3 Å². The number of nitrogens with two attached hydrogens (primary N) is 1. The molecule has 0 saturated carbocycles. The first kappa shape index (κ1) is 14.9. The van der Waals surface area contributed by atoms with Crippen molar-refractivity contribution in [2.75, 3.05) is 4.72 Å². The number of aryl methyl sites for hydroxylation is 2. The van der Waals surface area contributed by atoms with Crippen molar-refractivity contribution in [1.82, 2.24) is 14.8 Å². The Bertz CT molecular complexity index is 689. The zero-order valence-corrected chi connectivity index (χ0v) is 13.0. The van der Waals surface area contributed by atoms with E-state index in [9.17, 15) is 8.42 Å². The highest BCUT2D eigenvalue weighted by Gasteiger charge is 2.19. The van der Waals surface area contributed by atoms with Gasteiger partial charge in [0.15, 0.2) is 0 Å². The number of aromatic nitrogens is 3. The maximum atomic E-state index is 12.3. The van der Waals surface area contributed by atoms with Crippen LogP contribution < -0.4 is 10.5 Å². The van der Waals surface area contributed by atoms with Gasteiger partial charge in [-0.15, -0.1) is 10.2 Å². The Kier molecular flexibility index (Phi) is 4.41. The molecule has 2 aromatic rings. The van der Waals surface area contributed by atoms with Crippen LogP contribution in [-0.4, -0.2) is 23.2 Å². The first-order valence-electron chi connectivity index (χ1n) is 6.18. The van der Waals surface area contributed by atoms with Gasteiger partial charge in [-0.1, -0.05) is 18.3 Å². The van der Waals surface area contributed by atoms with Gasteiger partial charge in [-0.05, 0) is 19.4 Å². The number of nitrogens with zero attached hydrogens (tertiary/aromatic N) is 3. The number of rotatable bonds is 6. The van der Waals surface area contributed by atoms with Gasteiger partial charge in [-0.3, -0.25) is 4.72 Å². The van der Waals surface area contributed by atoms with E-state index in [1.165, 1.54) is 11.3 Å². The lowest BCUT2D eigenvalue weighted by Crippen LogP contribution is -2.12. The lowest BCUT2D eigenvalue weighted by molar-refractivity contribution is 0.599. The Labute approximate surface area is 121 Å². The molecule has 20 heavy (non-hydrogen) atoms. The molecular weight excluding hydrogens is 298 g/mol.